The standard InChI is InChI=1S/C13H17NO2S2/c15-18(16,14-13-7-4-9-17-11-13)10-8-12-5-2-1-3-6-12/h1-3,5-6,8,10,13-14H,4,7,9,11H2/b10-8+/t13-/m0/s1. The molecule has 18 heavy (non-hydrogen) atoms. The number of sulfonamides is 1. The fourth-order valence-electron chi connectivity index (χ4n) is 1.84. The van der Waals surface area contributed by atoms with Crippen molar-refractivity contribution in [2.45, 2.75) is 18.9 Å². The van der Waals surface area contributed by atoms with Gasteiger partial charge in [0, 0.05) is 17.2 Å². The average molecular weight is 283 g/mol. The summed E-state index contributed by atoms with van der Waals surface area (Å²) in [5, 5.41) is 1.25. The van der Waals surface area contributed by atoms with E-state index in [0.717, 1.165) is 29.9 Å². The van der Waals surface area contributed by atoms with Crippen LogP contribution >= 0.6 is 11.8 Å². The SMILES string of the molecule is O=S(=O)(/C=C/c1ccccc1)N[C@H]1CCCSC1. The molecular formula is C13H17NO2S2. The zero-order chi connectivity index (χ0) is 12.8. The molecule has 2 rings (SSSR count). The van der Waals surface area contributed by atoms with Gasteiger partial charge in [-0.3, -0.25) is 0 Å². The molecule has 1 aliphatic heterocycles. The molecule has 0 saturated carbocycles. The predicted molar refractivity (Wildman–Crippen MR) is 77.9 cm³/mol. The van der Waals surface area contributed by atoms with Gasteiger partial charge in [0.1, 0.15) is 0 Å². The van der Waals surface area contributed by atoms with Crippen molar-refractivity contribution < 1.29 is 8.42 Å². The van der Waals surface area contributed by atoms with E-state index in [2.05, 4.69) is 4.72 Å². The Labute approximate surface area is 113 Å². The van der Waals surface area contributed by atoms with Crippen molar-refractivity contribution in [1.29, 1.82) is 0 Å². The zero-order valence-electron chi connectivity index (χ0n) is 10.1. The minimum absolute atomic E-state index is 0.0779. The molecule has 0 radical (unpaired) electrons. The second-order valence-electron chi connectivity index (χ2n) is 4.29. The maximum atomic E-state index is 11.9. The first-order chi connectivity index (χ1) is 8.66. The van der Waals surface area contributed by atoms with Gasteiger partial charge in [-0.25, -0.2) is 13.1 Å². The highest BCUT2D eigenvalue weighted by molar-refractivity contribution is 7.99. The molecule has 0 bridgehead atoms. The molecule has 1 aromatic rings. The molecule has 1 fully saturated rings. The van der Waals surface area contributed by atoms with E-state index in [0.29, 0.717) is 0 Å². The van der Waals surface area contributed by atoms with Gasteiger partial charge in [-0.2, -0.15) is 11.8 Å². The number of rotatable bonds is 4. The minimum atomic E-state index is -3.32. The van der Waals surface area contributed by atoms with E-state index in [4.69, 9.17) is 0 Å². The lowest BCUT2D eigenvalue weighted by molar-refractivity contribution is 0.550. The van der Waals surface area contributed by atoms with E-state index in [9.17, 15) is 8.42 Å². The first-order valence-corrected chi connectivity index (χ1v) is 8.69. The molecule has 3 nitrogen and oxygen atoms in total. The molecule has 0 unspecified atom stereocenters. The molecule has 0 aliphatic carbocycles. The Hall–Kier alpha value is -0.780. The third-order valence-electron chi connectivity index (χ3n) is 2.73. The Bertz CT molecular complexity index is 491. The number of thioether (sulfide) groups is 1. The molecule has 1 N–H and O–H groups in total. The molecule has 1 aliphatic rings. The molecule has 1 aromatic carbocycles. The van der Waals surface area contributed by atoms with Crippen LogP contribution in [0.2, 0.25) is 0 Å². The molecule has 0 amide bonds. The second kappa shape index (κ2) is 6.41. The first kappa shape index (κ1) is 13.6. The van der Waals surface area contributed by atoms with Gasteiger partial charge in [0.2, 0.25) is 10.0 Å². The number of hydrogen-bond acceptors (Lipinski definition) is 3. The van der Waals surface area contributed by atoms with Crippen molar-refractivity contribution in [3.8, 4) is 0 Å². The Kier molecular flexibility index (Phi) is 4.86. The molecule has 98 valence electrons. The van der Waals surface area contributed by atoms with Gasteiger partial charge in [-0.1, -0.05) is 30.3 Å². The van der Waals surface area contributed by atoms with E-state index >= 15 is 0 Å². The summed E-state index contributed by atoms with van der Waals surface area (Å²) in [4.78, 5) is 0. The molecule has 1 heterocycles. The van der Waals surface area contributed by atoms with Crippen LogP contribution in [0, 0.1) is 0 Å². The van der Waals surface area contributed by atoms with Gasteiger partial charge < -0.3 is 0 Å². The van der Waals surface area contributed by atoms with Crippen LogP contribution in [-0.4, -0.2) is 26.0 Å². The summed E-state index contributed by atoms with van der Waals surface area (Å²) >= 11 is 1.81. The van der Waals surface area contributed by atoms with Gasteiger partial charge in [-0.05, 0) is 30.2 Å². The number of hydrogen-bond donors (Lipinski definition) is 1. The lowest BCUT2D eigenvalue weighted by atomic mass is 10.2. The topological polar surface area (TPSA) is 46.2 Å². The summed E-state index contributed by atoms with van der Waals surface area (Å²) in [6, 6.07) is 9.51. The maximum absolute atomic E-state index is 11.9. The van der Waals surface area contributed by atoms with Crippen molar-refractivity contribution in [2.75, 3.05) is 11.5 Å². The highest BCUT2D eigenvalue weighted by Crippen LogP contribution is 2.17. The summed E-state index contributed by atoms with van der Waals surface area (Å²) in [5.74, 6) is 2.01. The fraction of sp³-hybridized carbons (Fsp3) is 0.385. The van der Waals surface area contributed by atoms with E-state index in [1.165, 1.54) is 5.41 Å². The molecule has 1 atom stereocenters. The average Bonchev–Trinajstić information content (AvgIpc) is 2.38. The van der Waals surface area contributed by atoms with E-state index in [1.54, 1.807) is 6.08 Å². The van der Waals surface area contributed by atoms with Crippen LogP contribution in [-0.2, 0) is 10.0 Å². The van der Waals surface area contributed by atoms with Gasteiger partial charge in [0.25, 0.3) is 0 Å². The fourth-order valence-corrected chi connectivity index (χ4v) is 4.10. The van der Waals surface area contributed by atoms with Gasteiger partial charge >= 0.3 is 0 Å². The smallest absolute Gasteiger partial charge is 0.208 e. The van der Waals surface area contributed by atoms with Crippen molar-refractivity contribution in [3.63, 3.8) is 0 Å². The van der Waals surface area contributed by atoms with Crippen molar-refractivity contribution in [1.82, 2.24) is 4.72 Å². The second-order valence-corrected chi connectivity index (χ2v) is 7.04. The van der Waals surface area contributed by atoms with Crippen LogP contribution in [0.5, 0.6) is 0 Å². The van der Waals surface area contributed by atoms with Crippen molar-refractivity contribution >= 4 is 27.9 Å². The van der Waals surface area contributed by atoms with E-state index < -0.39 is 10.0 Å². The van der Waals surface area contributed by atoms with Gasteiger partial charge in [0.05, 0.1) is 0 Å². The number of benzene rings is 1. The van der Waals surface area contributed by atoms with Crippen LogP contribution in [0.15, 0.2) is 35.7 Å². The van der Waals surface area contributed by atoms with E-state index in [-0.39, 0.29) is 6.04 Å². The quantitative estimate of drug-likeness (QED) is 0.923. The minimum Gasteiger partial charge on any atom is -0.208 e. The highest BCUT2D eigenvalue weighted by atomic mass is 32.2. The van der Waals surface area contributed by atoms with Gasteiger partial charge in [0.15, 0.2) is 0 Å². The summed E-state index contributed by atoms with van der Waals surface area (Å²) in [6.45, 7) is 0. The molecule has 0 spiro atoms. The molecule has 5 heteroatoms. The first-order valence-electron chi connectivity index (χ1n) is 5.99. The zero-order valence-corrected chi connectivity index (χ0v) is 11.7. The monoisotopic (exact) mass is 283 g/mol. The van der Waals surface area contributed by atoms with Crippen molar-refractivity contribution in [3.05, 3.63) is 41.3 Å². The normalized spacial score (nSPS) is 21.2. The third-order valence-corrected chi connectivity index (χ3v) is 5.10. The maximum Gasteiger partial charge on any atom is 0.234 e. The van der Waals surface area contributed by atoms with Gasteiger partial charge in [-0.15, -0.1) is 0 Å². The summed E-state index contributed by atoms with van der Waals surface area (Å²) in [7, 11) is -3.32. The summed E-state index contributed by atoms with van der Waals surface area (Å²) in [5.41, 5.74) is 0.890. The Morgan fingerprint density at radius 3 is 2.72 bits per heavy atom. The third kappa shape index (κ3) is 4.48. The van der Waals surface area contributed by atoms with E-state index in [1.807, 2.05) is 42.1 Å². The predicted octanol–water partition coefficient (Wildman–Crippen LogP) is 2.47. The lowest BCUT2D eigenvalue weighted by Gasteiger charge is -2.21. The molecule has 0 aromatic heterocycles. The number of nitrogens with one attached hydrogen (secondary N) is 1. The Morgan fingerprint density at radius 1 is 1.28 bits per heavy atom. The summed E-state index contributed by atoms with van der Waals surface area (Å²) in [6.07, 6.45) is 3.64. The molecular weight excluding hydrogens is 266 g/mol. The largest absolute Gasteiger partial charge is 0.234 e. The van der Waals surface area contributed by atoms with Crippen LogP contribution < -0.4 is 4.72 Å². The van der Waals surface area contributed by atoms with Crippen LogP contribution in [0.3, 0.4) is 0 Å². The Morgan fingerprint density at radius 2 is 2.06 bits per heavy atom. The lowest BCUT2D eigenvalue weighted by Crippen LogP contribution is -2.37. The Balaban J connectivity index is 1.96. The molecule has 1 saturated heterocycles. The van der Waals surface area contributed by atoms with Crippen LogP contribution in [0.1, 0.15) is 18.4 Å². The summed E-state index contributed by atoms with van der Waals surface area (Å²) < 4.78 is 26.5. The van der Waals surface area contributed by atoms with Crippen molar-refractivity contribution in [2.24, 2.45) is 0 Å². The van der Waals surface area contributed by atoms with Crippen LogP contribution in [0.4, 0.5) is 0 Å². The highest BCUT2D eigenvalue weighted by Gasteiger charge is 2.18. The van der Waals surface area contributed by atoms with Crippen LogP contribution in [0.25, 0.3) is 6.08 Å².